The number of aryl methyl sites for hydroxylation is 1. The predicted molar refractivity (Wildman–Crippen MR) is 99.9 cm³/mol. The van der Waals surface area contributed by atoms with Gasteiger partial charge < -0.3 is 15.7 Å². The van der Waals surface area contributed by atoms with E-state index in [9.17, 15) is 5.11 Å². The lowest BCUT2D eigenvalue weighted by molar-refractivity contribution is 0.281. The van der Waals surface area contributed by atoms with Crippen molar-refractivity contribution in [3.05, 3.63) is 60.3 Å². The van der Waals surface area contributed by atoms with E-state index in [1.807, 2.05) is 62.4 Å². The van der Waals surface area contributed by atoms with E-state index in [1.165, 1.54) is 5.56 Å². The van der Waals surface area contributed by atoms with Crippen LogP contribution in [0.5, 0.6) is 0 Å². The predicted octanol–water partition coefficient (Wildman–Crippen LogP) is 3.38. The van der Waals surface area contributed by atoms with Gasteiger partial charge in [0.15, 0.2) is 0 Å². The Morgan fingerprint density at radius 2 is 1.84 bits per heavy atom. The molecule has 128 valence electrons. The van der Waals surface area contributed by atoms with Gasteiger partial charge in [0.25, 0.3) is 0 Å². The van der Waals surface area contributed by atoms with Gasteiger partial charge in [0.2, 0.25) is 5.95 Å². The third-order valence-corrected chi connectivity index (χ3v) is 3.63. The second-order valence-corrected chi connectivity index (χ2v) is 5.90. The molecule has 0 amide bonds. The maximum Gasteiger partial charge on any atom is 0.225 e. The molecule has 0 bridgehead atoms. The molecule has 0 aliphatic carbocycles. The number of hydrogen-bond acceptors (Lipinski definition) is 6. The zero-order chi connectivity index (χ0) is 17.6. The smallest absolute Gasteiger partial charge is 0.225 e. The molecule has 25 heavy (non-hydrogen) atoms. The number of rotatable bonds is 6. The molecule has 0 saturated heterocycles. The molecule has 0 aliphatic rings. The Labute approximate surface area is 147 Å². The summed E-state index contributed by atoms with van der Waals surface area (Å²) in [6.07, 6.45) is 1.73. The van der Waals surface area contributed by atoms with Crippen molar-refractivity contribution in [2.45, 2.75) is 19.9 Å². The summed E-state index contributed by atoms with van der Waals surface area (Å²) in [5.41, 5.74) is 3.60. The molecule has 3 N–H and O–H groups in total. The van der Waals surface area contributed by atoms with Gasteiger partial charge in [-0.2, -0.15) is 4.98 Å². The Morgan fingerprint density at radius 1 is 1.04 bits per heavy atom. The van der Waals surface area contributed by atoms with E-state index < -0.39 is 0 Å². The third-order valence-electron chi connectivity index (χ3n) is 3.63. The molecule has 0 fully saturated rings. The summed E-state index contributed by atoms with van der Waals surface area (Å²) in [5, 5.41) is 15.7. The van der Waals surface area contributed by atoms with Crippen LogP contribution < -0.4 is 10.6 Å². The number of hydrogen-bond donors (Lipinski definition) is 3. The van der Waals surface area contributed by atoms with E-state index in [1.54, 1.807) is 6.20 Å². The number of pyridine rings is 1. The first kappa shape index (κ1) is 16.9. The molecule has 3 aromatic rings. The summed E-state index contributed by atoms with van der Waals surface area (Å²) in [6, 6.07) is 15.5. The molecule has 1 atom stereocenters. The average Bonchev–Trinajstić information content (AvgIpc) is 2.64. The van der Waals surface area contributed by atoms with E-state index in [2.05, 4.69) is 25.6 Å². The lowest BCUT2D eigenvalue weighted by atomic mass is 10.2. The third kappa shape index (κ3) is 4.51. The van der Waals surface area contributed by atoms with Crippen LogP contribution in [0.15, 0.2) is 54.7 Å². The van der Waals surface area contributed by atoms with Crippen molar-refractivity contribution in [1.29, 1.82) is 0 Å². The number of aliphatic hydroxyl groups is 1. The molecule has 2 aromatic heterocycles. The number of aliphatic hydroxyl groups excluding tert-OH is 1. The van der Waals surface area contributed by atoms with Crippen LogP contribution in [0.25, 0.3) is 11.4 Å². The maximum absolute atomic E-state index is 9.27. The Hall–Kier alpha value is -2.99. The van der Waals surface area contributed by atoms with Gasteiger partial charge >= 0.3 is 0 Å². The van der Waals surface area contributed by atoms with Crippen LogP contribution >= 0.6 is 0 Å². The largest absolute Gasteiger partial charge is 0.394 e. The molecular formula is C19H21N5O. The summed E-state index contributed by atoms with van der Waals surface area (Å²) in [4.78, 5) is 13.4. The molecule has 0 unspecified atom stereocenters. The van der Waals surface area contributed by atoms with Gasteiger partial charge in [0.05, 0.1) is 18.0 Å². The lowest BCUT2D eigenvalue weighted by Gasteiger charge is -2.14. The fraction of sp³-hybridized carbons (Fsp3) is 0.211. The highest BCUT2D eigenvalue weighted by Gasteiger charge is 2.10. The molecule has 0 aliphatic heterocycles. The van der Waals surface area contributed by atoms with Crippen molar-refractivity contribution in [2.75, 3.05) is 17.2 Å². The van der Waals surface area contributed by atoms with Gasteiger partial charge in [0, 0.05) is 24.0 Å². The molecule has 1 aromatic carbocycles. The zero-order valence-corrected chi connectivity index (χ0v) is 14.3. The topological polar surface area (TPSA) is 83.0 Å². The molecule has 2 heterocycles. The first-order valence-corrected chi connectivity index (χ1v) is 8.15. The normalized spacial score (nSPS) is 11.8. The minimum Gasteiger partial charge on any atom is -0.394 e. The fourth-order valence-electron chi connectivity index (χ4n) is 2.27. The quantitative estimate of drug-likeness (QED) is 0.640. The van der Waals surface area contributed by atoms with Crippen molar-refractivity contribution in [1.82, 2.24) is 15.0 Å². The van der Waals surface area contributed by atoms with Crippen molar-refractivity contribution in [3.8, 4) is 11.4 Å². The standard InChI is InChI=1S/C19H21N5O/c1-13-6-8-15(9-7-13)22-18-11-17(16-5-3-4-10-20-16)23-19(24-18)21-14(2)12-25/h3-11,14,25H,12H2,1-2H3,(H2,21,22,23,24)/t14-/m1/s1. The monoisotopic (exact) mass is 335 g/mol. The van der Waals surface area contributed by atoms with Crippen LogP contribution in [0.1, 0.15) is 12.5 Å². The second-order valence-electron chi connectivity index (χ2n) is 5.90. The van der Waals surface area contributed by atoms with Crippen LogP contribution in [0.4, 0.5) is 17.5 Å². The maximum atomic E-state index is 9.27. The van der Waals surface area contributed by atoms with Gasteiger partial charge in [-0.05, 0) is 38.1 Å². The van der Waals surface area contributed by atoms with Crippen molar-refractivity contribution in [3.63, 3.8) is 0 Å². The van der Waals surface area contributed by atoms with Gasteiger partial charge in [-0.1, -0.05) is 23.8 Å². The Balaban J connectivity index is 1.95. The van der Waals surface area contributed by atoms with Gasteiger partial charge in [-0.3, -0.25) is 4.98 Å². The fourth-order valence-corrected chi connectivity index (χ4v) is 2.27. The molecule has 6 heteroatoms. The molecule has 0 saturated carbocycles. The van der Waals surface area contributed by atoms with Crippen molar-refractivity contribution < 1.29 is 5.11 Å². The van der Waals surface area contributed by atoms with Gasteiger partial charge in [-0.15, -0.1) is 0 Å². The molecular weight excluding hydrogens is 314 g/mol. The number of nitrogens with one attached hydrogen (secondary N) is 2. The SMILES string of the molecule is Cc1ccc(Nc2cc(-c3ccccn3)nc(N[C@H](C)CO)n2)cc1. The van der Waals surface area contributed by atoms with Crippen LogP contribution in [-0.2, 0) is 0 Å². The summed E-state index contributed by atoms with van der Waals surface area (Å²) in [5.74, 6) is 1.10. The summed E-state index contributed by atoms with van der Waals surface area (Å²) in [6.45, 7) is 3.91. The summed E-state index contributed by atoms with van der Waals surface area (Å²) < 4.78 is 0. The van der Waals surface area contributed by atoms with E-state index >= 15 is 0 Å². The van der Waals surface area contributed by atoms with Crippen LogP contribution in [0.2, 0.25) is 0 Å². The van der Waals surface area contributed by atoms with Crippen molar-refractivity contribution in [2.24, 2.45) is 0 Å². The number of nitrogens with zero attached hydrogens (tertiary/aromatic N) is 3. The number of benzene rings is 1. The summed E-state index contributed by atoms with van der Waals surface area (Å²) in [7, 11) is 0. The molecule has 6 nitrogen and oxygen atoms in total. The van der Waals surface area contributed by atoms with Gasteiger partial charge in [-0.25, -0.2) is 4.98 Å². The van der Waals surface area contributed by atoms with E-state index in [0.717, 1.165) is 11.4 Å². The highest BCUT2D eigenvalue weighted by Crippen LogP contribution is 2.22. The zero-order valence-electron chi connectivity index (χ0n) is 14.3. The second kappa shape index (κ2) is 7.72. The van der Waals surface area contributed by atoms with Crippen LogP contribution in [0, 0.1) is 6.92 Å². The Kier molecular flexibility index (Phi) is 5.20. The van der Waals surface area contributed by atoms with E-state index in [-0.39, 0.29) is 12.6 Å². The van der Waals surface area contributed by atoms with E-state index in [0.29, 0.717) is 17.5 Å². The average molecular weight is 335 g/mol. The molecule has 3 rings (SSSR count). The molecule has 0 spiro atoms. The van der Waals surface area contributed by atoms with Crippen LogP contribution in [0.3, 0.4) is 0 Å². The highest BCUT2D eigenvalue weighted by atomic mass is 16.3. The minimum absolute atomic E-state index is 0.00208. The Bertz CT molecular complexity index is 821. The number of anilines is 3. The molecule has 0 radical (unpaired) electrons. The highest BCUT2D eigenvalue weighted by molar-refractivity contribution is 5.65. The Morgan fingerprint density at radius 3 is 2.52 bits per heavy atom. The first-order chi connectivity index (χ1) is 12.1. The lowest BCUT2D eigenvalue weighted by Crippen LogP contribution is -2.21. The van der Waals surface area contributed by atoms with Gasteiger partial charge in [0.1, 0.15) is 5.82 Å². The summed E-state index contributed by atoms with van der Waals surface area (Å²) >= 11 is 0. The van der Waals surface area contributed by atoms with Crippen molar-refractivity contribution >= 4 is 17.5 Å². The van der Waals surface area contributed by atoms with Crippen LogP contribution in [-0.4, -0.2) is 32.7 Å². The first-order valence-electron chi connectivity index (χ1n) is 8.15. The minimum atomic E-state index is -0.147. The number of aromatic nitrogens is 3. The van der Waals surface area contributed by atoms with E-state index in [4.69, 9.17) is 0 Å².